The Morgan fingerprint density at radius 2 is 1.81 bits per heavy atom. The maximum atomic E-state index is 12.0. The summed E-state index contributed by atoms with van der Waals surface area (Å²) in [6, 6.07) is 13.8. The molecule has 1 unspecified atom stereocenters. The molecule has 0 saturated heterocycles. The number of amides is 1. The summed E-state index contributed by atoms with van der Waals surface area (Å²) in [6.45, 7) is 1.54. The fourth-order valence-corrected chi connectivity index (χ4v) is 2.63. The minimum atomic E-state index is -0.938. The van der Waals surface area contributed by atoms with Crippen molar-refractivity contribution in [2.75, 3.05) is 18.5 Å². The van der Waals surface area contributed by atoms with Gasteiger partial charge in [-0.25, -0.2) is 0 Å². The normalized spacial score (nSPS) is 15.1. The first-order valence-corrected chi connectivity index (χ1v) is 8.49. The molecule has 27 heavy (non-hydrogen) atoms. The predicted octanol–water partition coefficient (Wildman–Crippen LogP) is 2.60. The van der Waals surface area contributed by atoms with Crippen molar-refractivity contribution in [2.24, 2.45) is 0 Å². The average molecular weight is 369 g/mol. The van der Waals surface area contributed by atoms with E-state index in [0.717, 1.165) is 0 Å². The van der Waals surface area contributed by atoms with Crippen LogP contribution in [0, 0.1) is 0 Å². The first kappa shape index (κ1) is 18.4. The zero-order valence-electron chi connectivity index (χ0n) is 14.8. The summed E-state index contributed by atoms with van der Waals surface area (Å²) in [7, 11) is 0. The second-order valence-electron chi connectivity index (χ2n) is 5.92. The Balaban J connectivity index is 1.46. The van der Waals surface area contributed by atoms with Gasteiger partial charge in [0.1, 0.15) is 24.7 Å². The molecule has 1 amide bonds. The number of hydrogen-bond donors (Lipinski definition) is 1. The van der Waals surface area contributed by atoms with Gasteiger partial charge in [0.05, 0.1) is 17.7 Å². The third kappa shape index (κ3) is 4.63. The molecule has 7 nitrogen and oxygen atoms in total. The highest BCUT2D eigenvalue weighted by Crippen LogP contribution is 2.29. The summed E-state index contributed by atoms with van der Waals surface area (Å²) in [6.07, 6.45) is -1.14. The quantitative estimate of drug-likeness (QED) is 0.458. The number of benzene rings is 2. The molecule has 0 bridgehead atoms. The molecule has 0 aliphatic carbocycles. The molecule has 0 radical (unpaired) electrons. The largest absolute Gasteiger partial charge is 0.489 e. The van der Waals surface area contributed by atoms with E-state index < -0.39 is 18.0 Å². The molecule has 2 aromatic rings. The van der Waals surface area contributed by atoms with E-state index in [0.29, 0.717) is 22.7 Å². The molecule has 0 spiro atoms. The van der Waals surface area contributed by atoms with Gasteiger partial charge in [0.25, 0.3) is 5.91 Å². The lowest BCUT2D eigenvalue weighted by molar-refractivity contribution is -0.148. The van der Waals surface area contributed by atoms with Gasteiger partial charge < -0.3 is 19.5 Å². The molecule has 3 rings (SSSR count). The van der Waals surface area contributed by atoms with Crippen molar-refractivity contribution >= 4 is 23.3 Å². The van der Waals surface area contributed by atoms with Gasteiger partial charge in [0.2, 0.25) is 0 Å². The van der Waals surface area contributed by atoms with Crippen molar-refractivity contribution in [3.05, 3.63) is 54.1 Å². The first-order valence-electron chi connectivity index (χ1n) is 8.49. The monoisotopic (exact) mass is 369 g/mol. The van der Waals surface area contributed by atoms with Crippen LogP contribution in [-0.4, -0.2) is 37.0 Å². The van der Waals surface area contributed by atoms with Crippen LogP contribution in [0.15, 0.2) is 48.5 Å². The fraction of sp³-hybridized carbons (Fsp3) is 0.250. The topological polar surface area (TPSA) is 90.9 Å². The Morgan fingerprint density at radius 1 is 1.07 bits per heavy atom. The highest BCUT2D eigenvalue weighted by molar-refractivity contribution is 5.99. The van der Waals surface area contributed by atoms with Crippen LogP contribution in [0.2, 0.25) is 0 Å². The van der Waals surface area contributed by atoms with Gasteiger partial charge in [-0.15, -0.1) is 0 Å². The second kappa shape index (κ2) is 8.35. The summed E-state index contributed by atoms with van der Waals surface area (Å²) in [5, 5.41) is 2.69. The van der Waals surface area contributed by atoms with E-state index in [4.69, 9.17) is 14.2 Å². The predicted molar refractivity (Wildman–Crippen MR) is 97.0 cm³/mol. The molecule has 1 aliphatic rings. The lowest BCUT2D eigenvalue weighted by Crippen LogP contribution is -2.39. The Bertz CT molecular complexity index is 863. The number of carbonyl (C=O) groups excluding carboxylic acids is 3. The first-order chi connectivity index (χ1) is 13.0. The van der Waals surface area contributed by atoms with E-state index in [1.54, 1.807) is 48.5 Å². The van der Waals surface area contributed by atoms with Gasteiger partial charge in [0.15, 0.2) is 11.9 Å². The molecule has 140 valence electrons. The molecule has 1 heterocycles. The van der Waals surface area contributed by atoms with Crippen LogP contribution < -0.4 is 14.8 Å². The highest BCUT2D eigenvalue weighted by Gasteiger charge is 2.30. The van der Waals surface area contributed by atoms with Gasteiger partial charge >= 0.3 is 5.97 Å². The van der Waals surface area contributed by atoms with E-state index in [-0.39, 0.29) is 25.4 Å². The van der Waals surface area contributed by atoms with E-state index in [1.165, 1.54) is 6.92 Å². The zero-order chi connectivity index (χ0) is 19.2. The Labute approximate surface area is 156 Å². The molecule has 2 aromatic carbocycles. The van der Waals surface area contributed by atoms with Gasteiger partial charge in [-0.3, -0.25) is 14.4 Å². The number of para-hydroxylation sites is 3. The summed E-state index contributed by atoms with van der Waals surface area (Å²) in [5.41, 5.74) is 1.04. The van der Waals surface area contributed by atoms with Gasteiger partial charge in [-0.05, 0) is 31.2 Å². The third-order valence-corrected chi connectivity index (χ3v) is 3.93. The van der Waals surface area contributed by atoms with Crippen LogP contribution in [0.25, 0.3) is 0 Å². The van der Waals surface area contributed by atoms with Crippen LogP contribution in [0.1, 0.15) is 23.7 Å². The number of esters is 1. The number of hydrogen-bond acceptors (Lipinski definition) is 6. The summed E-state index contributed by atoms with van der Waals surface area (Å²) in [4.78, 5) is 35.5. The lowest BCUT2D eigenvalue weighted by Gasteiger charge is -2.25. The van der Waals surface area contributed by atoms with E-state index >= 15 is 0 Å². The molecule has 1 atom stereocenters. The number of ketones is 1. The zero-order valence-corrected chi connectivity index (χ0v) is 14.8. The van der Waals surface area contributed by atoms with Crippen molar-refractivity contribution in [1.82, 2.24) is 0 Å². The van der Waals surface area contributed by atoms with Crippen LogP contribution in [0.5, 0.6) is 11.5 Å². The smallest absolute Gasteiger partial charge is 0.310 e. The van der Waals surface area contributed by atoms with Crippen molar-refractivity contribution in [2.45, 2.75) is 19.4 Å². The molecule has 0 fully saturated rings. The standard InChI is InChI=1S/C20H19NO6/c1-13(22)14-6-2-4-8-16(14)25-10-11-26-19(23)12-18-20(24)21-15-7-3-5-9-17(15)27-18/h2-9,18H,10-12H2,1H3,(H,21,24). The molecule has 7 heteroatoms. The van der Waals surface area contributed by atoms with Crippen molar-refractivity contribution in [3.8, 4) is 11.5 Å². The van der Waals surface area contributed by atoms with Gasteiger partial charge in [0, 0.05) is 0 Å². The molecule has 1 N–H and O–H groups in total. The lowest BCUT2D eigenvalue weighted by atomic mass is 10.1. The van der Waals surface area contributed by atoms with Crippen molar-refractivity contribution in [3.63, 3.8) is 0 Å². The summed E-state index contributed by atoms with van der Waals surface area (Å²) in [5.74, 6) is -0.120. The maximum Gasteiger partial charge on any atom is 0.310 e. The molecule has 0 aromatic heterocycles. The fourth-order valence-electron chi connectivity index (χ4n) is 2.63. The minimum Gasteiger partial charge on any atom is -0.489 e. The number of nitrogens with one attached hydrogen (secondary N) is 1. The Morgan fingerprint density at radius 3 is 2.63 bits per heavy atom. The van der Waals surface area contributed by atoms with Crippen molar-refractivity contribution in [1.29, 1.82) is 0 Å². The van der Waals surface area contributed by atoms with Crippen LogP contribution >= 0.6 is 0 Å². The summed E-state index contributed by atoms with van der Waals surface area (Å²) >= 11 is 0. The Kier molecular flexibility index (Phi) is 5.71. The number of rotatable bonds is 7. The number of fused-ring (bicyclic) bond motifs is 1. The number of carbonyl (C=O) groups is 3. The number of anilines is 1. The minimum absolute atomic E-state index is 0.00397. The number of Topliss-reactive ketones (excluding diaryl/α,β-unsaturated/α-hetero) is 1. The Hall–Kier alpha value is -3.35. The van der Waals surface area contributed by atoms with Crippen molar-refractivity contribution < 1.29 is 28.6 Å². The second-order valence-corrected chi connectivity index (χ2v) is 5.92. The molecule has 0 saturated carbocycles. The van der Waals surface area contributed by atoms with Gasteiger partial charge in [-0.1, -0.05) is 24.3 Å². The summed E-state index contributed by atoms with van der Waals surface area (Å²) < 4.78 is 16.1. The number of ether oxygens (including phenoxy) is 3. The van der Waals surface area contributed by atoms with E-state index in [1.807, 2.05) is 0 Å². The third-order valence-electron chi connectivity index (χ3n) is 3.93. The van der Waals surface area contributed by atoms with Crippen LogP contribution in [0.4, 0.5) is 5.69 Å². The van der Waals surface area contributed by atoms with E-state index in [9.17, 15) is 14.4 Å². The van der Waals surface area contributed by atoms with Gasteiger partial charge in [-0.2, -0.15) is 0 Å². The molecular weight excluding hydrogens is 350 g/mol. The average Bonchev–Trinajstić information content (AvgIpc) is 2.66. The van der Waals surface area contributed by atoms with Crippen LogP contribution in [0.3, 0.4) is 0 Å². The maximum absolute atomic E-state index is 12.0. The van der Waals surface area contributed by atoms with E-state index in [2.05, 4.69) is 5.32 Å². The SMILES string of the molecule is CC(=O)c1ccccc1OCCOC(=O)CC1Oc2ccccc2NC1=O. The van der Waals surface area contributed by atoms with Crippen LogP contribution in [-0.2, 0) is 14.3 Å². The molecular formula is C20H19NO6. The molecule has 1 aliphatic heterocycles. The highest BCUT2D eigenvalue weighted by atomic mass is 16.6.